The van der Waals surface area contributed by atoms with E-state index in [-0.39, 0.29) is 11.1 Å². The van der Waals surface area contributed by atoms with Crippen LogP contribution in [0.3, 0.4) is 0 Å². The lowest BCUT2D eigenvalue weighted by atomic mass is 10.0. The zero-order valence-corrected chi connectivity index (χ0v) is 16.2. The van der Waals surface area contributed by atoms with Crippen LogP contribution in [-0.4, -0.2) is 19.3 Å². The van der Waals surface area contributed by atoms with Gasteiger partial charge in [0.15, 0.2) is 16.6 Å². The van der Waals surface area contributed by atoms with Gasteiger partial charge in [-0.25, -0.2) is 4.39 Å². The van der Waals surface area contributed by atoms with Crippen LogP contribution >= 0.6 is 35.4 Å². The van der Waals surface area contributed by atoms with Gasteiger partial charge in [-0.3, -0.25) is 0 Å². The molecular formula is C18H15Cl2FN2O2S. The first-order valence-corrected chi connectivity index (χ1v) is 8.75. The molecule has 0 amide bonds. The van der Waals surface area contributed by atoms with E-state index in [1.807, 2.05) is 24.3 Å². The van der Waals surface area contributed by atoms with E-state index in [9.17, 15) is 4.39 Å². The van der Waals surface area contributed by atoms with E-state index in [2.05, 4.69) is 10.6 Å². The molecule has 0 saturated carbocycles. The first-order chi connectivity index (χ1) is 12.4. The predicted molar refractivity (Wildman–Crippen MR) is 106 cm³/mol. The number of rotatable bonds is 4. The molecule has 0 saturated heterocycles. The Hall–Kier alpha value is -2.02. The normalized spacial score (nSPS) is 16.4. The third-order valence-electron chi connectivity index (χ3n) is 3.93. The average Bonchev–Trinajstić information content (AvgIpc) is 2.63. The Labute approximate surface area is 165 Å². The molecule has 4 nitrogen and oxygen atoms in total. The zero-order valence-electron chi connectivity index (χ0n) is 13.9. The van der Waals surface area contributed by atoms with Crippen LogP contribution in [0.1, 0.15) is 17.2 Å². The maximum absolute atomic E-state index is 13.9. The summed E-state index contributed by atoms with van der Waals surface area (Å²) in [5, 5.41) is 6.84. The van der Waals surface area contributed by atoms with E-state index >= 15 is 0 Å². The fourth-order valence-electron chi connectivity index (χ4n) is 2.66. The summed E-state index contributed by atoms with van der Waals surface area (Å²) >= 11 is 17.3. The highest BCUT2D eigenvalue weighted by Gasteiger charge is 2.22. The van der Waals surface area contributed by atoms with Crippen molar-refractivity contribution >= 4 is 46.2 Å². The number of thiocarbonyl (C=S) groups is 1. The van der Waals surface area contributed by atoms with E-state index < -0.39 is 5.82 Å². The number of benzene rings is 2. The summed E-state index contributed by atoms with van der Waals surface area (Å²) in [6, 6.07) is 7.95. The van der Waals surface area contributed by atoms with Crippen LogP contribution in [0.15, 0.2) is 36.4 Å². The molecule has 1 aliphatic heterocycles. The minimum atomic E-state index is -0.555. The summed E-state index contributed by atoms with van der Waals surface area (Å²) in [5.41, 5.74) is 1.96. The molecule has 0 radical (unpaired) electrons. The van der Waals surface area contributed by atoms with Crippen LogP contribution in [0.2, 0.25) is 10.0 Å². The molecule has 1 unspecified atom stereocenters. The molecule has 1 aliphatic rings. The smallest absolute Gasteiger partial charge is 0.171 e. The van der Waals surface area contributed by atoms with Gasteiger partial charge in [0.05, 0.1) is 30.3 Å². The van der Waals surface area contributed by atoms with Gasteiger partial charge in [-0.15, -0.1) is 0 Å². The summed E-state index contributed by atoms with van der Waals surface area (Å²) in [6.45, 7) is 0. The van der Waals surface area contributed by atoms with E-state index in [1.54, 1.807) is 14.2 Å². The van der Waals surface area contributed by atoms with Crippen molar-refractivity contribution in [2.45, 2.75) is 6.04 Å². The Morgan fingerprint density at radius 2 is 1.77 bits per heavy atom. The third-order valence-corrected chi connectivity index (χ3v) is 4.76. The van der Waals surface area contributed by atoms with Crippen LogP contribution in [-0.2, 0) is 0 Å². The number of nitrogens with one attached hydrogen (secondary N) is 2. The molecular weight excluding hydrogens is 398 g/mol. The van der Waals surface area contributed by atoms with Gasteiger partial charge in [0.1, 0.15) is 5.82 Å². The van der Waals surface area contributed by atoms with Gasteiger partial charge in [-0.05, 0) is 48.1 Å². The lowest BCUT2D eigenvalue weighted by molar-refractivity contribution is 0.354. The molecule has 2 aromatic rings. The number of methoxy groups -OCH3 is 2. The highest BCUT2D eigenvalue weighted by atomic mass is 35.5. The van der Waals surface area contributed by atoms with Gasteiger partial charge in [-0.2, -0.15) is 0 Å². The maximum Gasteiger partial charge on any atom is 0.171 e. The molecule has 136 valence electrons. The molecule has 0 bridgehead atoms. The van der Waals surface area contributed by atoms with Crippen molar-refractivity contribution < 1.29 is 13.9 Å². The van der Waals surface area contributed by atoms with Crippen molar-refractivity contribution in [3.8, 4) is 11.5 Å². The number of ether oxygens (including phenoxy) is 2. The second-order valence-electron chi connectivity index (χ2n) is 5.52. The Morgan fingerprint density at radius 1 is 1.04 bits per heavy atom. The number of halogens is 3. The molecule has 0 spiro atoms. The fourth-order valence-corrected chi connectivity index (χ4v) is 3.38. The first-order valence-electron chi connectivity index (χ1n) is 7.59. The second-order valence-corrected chi connectivity index (χ2v) is 6.74. The molecule has 1 atom stereocenters. The Bertz CT molecular complexity index is 905. The second kappa shape index (κ2) is 7.70. The van der Waals surface area contributed by atoms with Crippen molar-refractivity contribution in [1.82, 2.24) is 10.6 Å². The number of hydrogen-bond acceptors (Lipinski definition) is 3. The Morgan fingerprint density at radius 3 is 2.46 bits per heavy atom. The van der Waals surface area contributed by atoms with Gasteiger partial charge in [0.25, 0.3) is 0 Å². The fraction of sp³-hybridized carbons (Fsp3) is 0.167. The largest absolute Gasteiger partial charge is 0.493 e. The van der Waals surface area contributed by atoms with Gasteiger partial charge in [0.2, 0.25) is 0 Å². The molecule has 2 aromatic carbocycles. The SMILES string of the molecule is COc1ccc(C2C=C(c3cc(F)c(Cl)cc3Cl)NC(=S)N2)cc1OC. The minimum Gasteiger partial charge on any atom is -0.493 e. The Balaban J connectivity index is 2.03. The van der Waals surface area contributed by atoms with E-state index in [0.29, 0.717) is 32.9 Å². The lowest BCUT2D eigenvalue weighted by Gasteiger charge is -2.27. The molecule has 26 heavy (non-hydrogen) atoms. The summed E-state index contributed by atoms with van der Waals surface area (Å²) in [5.74, 6) is 0.669. The van der Waals surface area contributed by atoms with Crippen LogP contribution in [0.5, 0.6) is 11.5 Å². The van der Waals surface area contributed by atoms with Crippen molar-refractivity contribution in [3.05, 3.63) is 63.4 Å². The summed E-state index contributed by atoms with van der Waals surface area (Å²) in [4.78, 5) is 0. The minimum absolute atomic E-state index is 0.0349. The molecule has 2 N–H and O–H groups in total. The standard InChI is InChI=1S/C18H15Cl2FN2O2S/c1-24-16-4-3-9(5-17(16)25-2)14-8-15(23-18(26)22-14)10-6-13(21)12(20)7-11(10)19/h3-8,14H,1-2H3,(H2,22,23,26). The monoisotopic (exact) mass is 412 g/mol. The third kappa shape index (κ3) is 3.72. The lowest BCUT2D eigenvalue weighted by Crippen LogP contribution is -2.40. The quantitative estimate of drug-likeness (QED) is 0.562. The zero-order chi connectivity index (χ0) is 18.8. The Kier molecular flexibility index (Phi) is 5.55. The average molecular weight is 413 g/mol. The first kappa shape index (κ1) is 18.8. The van der Waals surface area contributed by atoms with Crippen molar-refractivity contribution in [2.75, 3.05) is 14.2 Å². The van der Waals surface area contributed by atoms with E-state index in [4.69, 9.17) is 44.9 Å². The van der Waals surface area contributed by atoms with Gasteiger partial charge >= 0.3 is 0 Å². The van der Waals surface area contributed by atoms with Gasteiger partial charge in [0, 0.05) is 11.3 Å². The summed E-state index contributed by atoms with van der Waals surface area (Å²) in [7, 11) is 3.14. The molecule has 0 fully saturated rings. The molecule has 0 aromatic heterocycles. The van der Waals surface area contributed by atoms with Crippen LogP contribution in [0, 0.1) is 5.82 Å². The van der Waals surface area contributed by atoms with Gasteiger partial charge in [-0.1, -0.05) is 29.3 Å². The van der Waals surface area contributed by atoms with Crippen molar-refractivity contribution in [1.29, 1.82) is 0 Å². The predicted octanol–water partition coefficient (Wildman–Crippen LogP) is 4.71. The van der Waals surface area contributed by atoms with E-state index in [1.165, 1.54) is 12.1 Å². The maximum atomic E-state index is 13.9. The highest BCUT2D eigenvalue weighted by Crippen LogP contribution is 2.34. The number of hydrogen-bond donors (Lipinski definition) is 2. The van der Waals surface area contributed by atoms with Crippen molar-refractivity contribution in [2.24, 2.45) is 0 Å². The molecule has 1 heterocycles. The topological polar surface area (TPSA) is 42.5 Å². The van der Waals surface area contributed by atoms with Gasteiger partial charge < -0.3 is 20.1 Å². The highest BCUT2D eigenvalue weighted by molar-refractivity contribution is 7.80. The van der Waals surface area contributed by atoms with Crippen molar-refractivity contribution in [3.63, 3.8) is 0 Å². The summed E-state index contributed by atoms with van der Waals surface area (Å²) in [6.07, 6.45) is 1.87. The van der Waals surface area contributed by atoms with Crippen LogP contribution in [0.4, 0.5) is 4.39 Å². The van der Waals surface area contributed by atoms with Crippen LogP contribution in [0.25, 0.3) is 5.70 Å². The van der Waals surface area contributed by atoms with Crippen LogP contribution < -0.4 is 20.1 Å². The molecule has 3 rings (SSSR count). The molecule has 8 heteroatoms. The summed E-state index contributed by atoms with van der Waals surface area (Å²) < 4.78 is 24.5. The molecule has 0 aliphatic carbocycles. The van der Waals surface area contributed by atoms with E-state index in [0.717, 1.165) is 5.56 Å².